The number of unbranched alkanes of at least 4 members (excludes halogenated alkanes) is 3. The molecule has 1 aliphatic heterocycles. The third-order valence-electron chi connectivity index (χ3n) is 7.78. The maximum absolute atomic E-state index is 13.0. The largest absolute Gasteiger partial charge is 0.349 e. The lowest BCUT2D eigenvalue weighted by molar-refractivity contribution is 0.0853. The molecule has 2 N–H and O–H groups in total. The summed E-state index contributed by atoms with van der Waals surface area (Å²) in [7, 11) is 0. The molecule has 0 aromatic heterocycles. The Morgan fingerprint density at radius 1 is 0.970 bits per heavy atom. The van der Waals surface area contributed by atoms with Crippen LogP contribution in [-0.4, -0.2) is 42.2 Å². The number of carbonyl (C=O) groups excluding carboxylic acids is 1. The van der Waals surface area contributed by atoms with E-state index in [-0.39, 0.29) is 11.9 Å². The second-order valence-electron chi connectivity index (χ2n) is 10.5. The van der Waals surface area contributed by atoms with Crippen LogP contribution in [0.4, 0.5) is 0 Å². The molecule has 184 valence electrons. The zero-order valence-electron chi connectivity index (χ0n) is 21.2. The summed E-state index contributed by atoms with van der Waals surface area (Å²) in [6, 6.07) is 7.93. The summed E-state index contributed by atoms with van der Waals surface area (Å²) in [5.74, 6) is 1.49. The van der Waals surface area contributed by atoms with Gasteiger partial charge in [-0.3, -0.25) is 4.79 Å². The lowest BCUT2D eigenvalue weighted by atomic mass is 9.83. The Kier molecular flexibility index (Phi) is 10.9. The Hall–Kier alpha value is -1.68. The van der Waals surface area contributed by atoms with E-state index in [2.05, 4.69) is 24.1 Å². The summed E-state index contributed by atoms with van der Waals surface area (Å²) in [6.45, 7) is 8.01. The molecule has 4 nitrogen and oxygen atoms in total. The first-order chi connectivity index (χ1) is 16.1. The van der Waals surface area contributed by atoms with Crippen LogP contribution in [0.1, 0.15) is 113 Å². The third kappa shape index (κ3) is 8.24. The number of likely N-dealkylation sites (tertiary alicyclic amines) is 1. The minimum absolute atomic E-state index is 0.0490. The SMILES string of the molecule is CCCCCCC1CCCN(CC2CCCCC2NC(=O)c2ccc(C(=N)CCC)cc2)C1. The van der Waals surface area contributed by atoms with Crippen LogP contribution in [0.5, 0.6) is 0 Å². The number of benzene rings is 1. The van der Waals surface area contributed by atoms with Crippen LogP contribution in [-0.2, 0) is 0 Å². The molecule has 1 amide bonds. The molecule has 2 aliphatic rings. The second-order valence-corrected chi connectivity index (χ2v) is 10.5. The van der Waals surface area contributed by atoms with E-state index in [0.29, 0.717) is 11.6 Å². The van der Waals surface area contributed by atoms with Gasteiger partial charge in [0.2, 0.25) is 0 Å². The van der Waals surface area contributed by atoms with Crippen molar-refractivity contribution in [2.45, 2.75) is 103 Å². The Morgan fingerprint density at radius 2 is 1.73 bits per heavy atom. The van der Waals surface area contributed by atoms with Crippen LogP contribution in [0.25, 0.3) is 0 Å². The van der Waals surface area contributed by atoms with Crippen molar-refractivity contribution in [3.63, 3.8) is 0 Å². The highest BCUT2D eigenvalue weighted by Crippen LogP contribution is 2.29. The fourth-order valence-electron chi connectivity index (χ4n) is 5.83. The predicted molar refractivity (Wildman–Crippen MR) is 139 cm³/mol. The number of rotatable bonds is 12. The van der Waals surface area contributed by atoms with Gasteiger partial charge in [-0.1, -0.05) is 70.9 Å². The number of hydrogen-bond acceptors (Lipinski definition) is 3. The summed E-state index contributed by atoms with van der Waals surface area (Å²) in [4.78, 5) is 15.7. The molecule has 3 rings (SSSR count). The zero-order valence-corrected chi connectivity index (χ0v) is 21.2. The Bertz CT molecular complexity index is 729. The van der Waals surface area contributed by atoms with E-state index in [1.807, 2.05) is 24.3 Å². The number of nitrogens with one attached hydrogen (secondary N) is 2. The van der Waals surface area contributed by atoms with Crippen molar-refractivity contribution in [2.24, 2.45) is 11.8 Å². The van der Waals surface area contributed by atoms with Gasteiger partial charge in [-0.15, -0.1) is 0 Å². The maximum Gasteiger partial charge on any atom is 0.251 e. The molecule has 1 saturated heterocycles. The van der Waals surface area contributed by atoms with Gasteiger partial charge in [0.1, 0.15) is 0 Å². The minimum Gasteiger partial charge on any atom is -0.349 e. The van der Waals surface area contributed by atoms with Crippen molar-refractivity contribution in [3.05, 3.63) is 35.4 Å². The number of piperidine rings is 1. The highest BCUT2D eigenvalue weighted by Gasteiger charge is 2.30. The highest BCUT2D eigenvalue weighted by atomic mass is 16.1. The van der Waals surface area contributed by atoms with Crippen molar-refractivity contribution in [3.8, 4) is 0 Å². The van der Waals surface area contributed by atoms with E-state index in [0.717, 1.165) is 42.9 Å². The standard InChI is InChI=1S/C29H47N3O/c1-3-5-6-7-12-23-13-10-20-32(21-23)22-26-14-8-9-15-28(26)31-29(33)25-18-16-24(17-19-25)27(30)11-4-2/h16-19,23,26,28,30H,3-15,20-22H2,1-2H3,(H,31,33). The molecule has 0 spiro atoms. The molecular formula is C29H47N3O. The minimum atomic E-state index is 0.0490. The summed E-state index contributed by atoms with van der Waals surface area (Å²) < 4.78 is 0. The van der Waals surface area contributed by atoms with Gasteiger partial charge in [0.15, 0.2) is 0 Å². The lowest BCUT2D eigenvalue weighted by Crippen LogP contribution is -2.48. The van der Waals surface area contributed by atoms with Crippen molar-refractivity contribution in [1.82, 2.24) is 10.2 Å². The van der Waals surface area contributed by atoms with E-state index in [1.165, 1.54) is 77.3 Å². The topological polar surface area (TPSA) is 56.2 Å². The predicted octanol–water partition coefficient (Wildman–Crippen LogP) is 6.83. The van der Waals surface area contributed by atoms with Crippen molar-refractivity contribution < 1.29 is 4.79 Å². The summed E-state index contributed by atoms with van der Waals surface area (Å²) in [5, 5.41) is 11.5. The Balaban J connectivity index is 1.51. The van der Waals surface area contributed by atoms with Crippen LogP contribution in [0.2, 0.25) is 0 Å². The van der Waals surface area contributed by atoms with Gasteiger partial charge >= 0.3 is 0 Å². The summed E-state index contributed by atoms with van der Waals surface area (Å²) in [5.41, 5.74) is 2.30. The van der Waals surface area contributed by atoms with Crippen LogP contribution in [0, 0.1) is 17.2 Å². The first kappa shape index (κ1) is 25.9. The van der Waals surface area contributed by atoms with Gasteiger partial charge in [-0.25, -0.2) is 0 Å². The van der Waals surface area contributed by atoms with Crippen molar-refractivity contribution in [2.75, 3.05) is 19.6 Å². The molecule has 1 aromatic rings. The van der Waals surface area contributed by atoms with Gasteiger partial charge in [-0.2, -0.15) is 0 Å². The normalized spacial score (nSPS) is 23.9. The van der Waals surface area contributed by atoms with E-state index in [1.54, 1.807) is 0 Å². The van der Waals surface area contributed by atoms with Gasteiger partial charge in [0.05, 0.1) is 0 Å². The number of nitrogens with zero attached hydrogens (tertiary/aromatic N) is 1. The average Bonchev–Trinajstić information content (AvgIpc) is 2.83. The summed E-state index contributed by atoms with van der Waals surface area (Å²) >= 11 is 0. The lowest BCUT2D eigenvalue weighted by Gasteiger charge is -2.39. The van der Waals surface area contributed by atoms with Crippen LogP contribution in [0.3, 0.4) is 0 Å². The first-order valence-corrected chi connectivity index (χ1v) is 13.8. The fourth-order valence-corrected chi connectivity index (χ4v) is 5.83. The average molecular weight is 454 g/mol. The third-order valence-corrected chi connectivity index (χ3v) is 7.78. The van der Waals surface area contributed by atoms with Crippen molar-refractivity contribution >= 4 is 11.6 Å². The molecule has 33 heavy (non-hydrogen) atoms. The monoisotopic (exact) mass is 453 g/mol. The maximum atomic E-state index is 13.0. The zero-order chi connectivity index (χ0) is 23.5. The van der Waals surface area contributed by atoms with Gasteiger partial charge in [-0.05, 0) is 74.6 Å². The Morgan fingerprint density at radius 3 is 2.48 bits per heavy atom. The van der Waals surface area contributed by atoms with Crippen LogP contribution in [0.15, 0.2) is 24.3 Å². The van der Waals surface area contributed by atoms with Crippen LogP contribution < -0.4 is 5.32 Å². The van der Waals surface area contributed by atoms with Gasteiger partial charge in [0.25, 0.3) is 5.91 Å². The van der Waals surface area contributed by atoms with Gasteiger partial charge < -0.3 is 15.6 Å². The molecule has 4 heteroatoms. The quantitative estimate of drug-likeness (QED) is 0.269. The fraction of sp³-hybridized carbons (Fsp3) is 0.724. The molecule has 1 aliphatic carbocycles. The first-order valence-electron chi connectivity index (χ1n) is 13.8. The van der Waals surface area contributed by atoms with E-state index < -0.39 is 0 Å². The van der Waals surface area contributed by atoms with Gasteiger partial charge in [0, 0.05) is 30.4 Å². The van der Waals surface area contributed by atoms with E-state index >= 15 is 0 Å². The highest BCUT2D eigenvalue weighted by molar-refractivity contribution is 6.00. The van der Waals surface area contributed by atoms with Crippen molar-refractivity contribution in [1.29, 1.82) is 5.41 Å². The Labute approximate surface area is 202 Å². The molecule has 3 unspecified atom stereocenters. The number of hydrogen-bond donors (Lipinski definition) is 2. The second kappa shape index (κ2) is 13.9. The number of amides is 1. The molecule has 2 fully saturated rings. The molecule has 1 heterocycles. The smallest absolute Gasteiger partial charge is 0.251 e. The molecule has 3 atom stereocenters. The number of carbonyl (C=O) groups is 1. The molecular weight excluding hydrogens is 406 g/mol. The molecule has 1 aromatic carbocycles. The van der Waals surface area contributed by atoms with Crippen LogP contribution >= 0.6 is 0 Å². The molecule has 0 bridgehead atoms. The molecule has 0 radical (unpaired) electrons. The van der Waals surface area contributed by atoms with E-state index in [4.69, 9.17) is 5.41 Å². The van der Waals surface area contributed by atoms with E-state index in [9.17, 15) is 4.79 Å². The molecule has 1 saturated carbocycles. The summed E-state index contributed by atoms with van der Waals surface area (Å²) in [6.07, 6.45) is 16.2.